The van der Waals surface area contributed by atoms with Crippen LogP contribution < -0.4 is 16.8 Å². The van der Waals surface area contributed by atoms with Gasteiger partial charge in [-0.1, -0.05) is 12.1 Å². The molecule has 5 nitrogen and oxygen atoms in total. The zero-order valence-corrected chi connectivity index (χ0v) is 10.8. The lowest BCUT2D eigenvalue weighted by molar-refractivity contribution is 0.0953. The number of nitrogen functional groups attached to an aromatic ring is 1. The molecule has 0 spiro atoms. The second-order valence-electron chi connectivity index (χ2n) is 4.35. The lowest BCUT2D eigenvalue weighted by Crippen LogP contribution is -2.29. The molecule has 2 aromatic rings. The number of aryl methyl sites for hydroxylation is 1. The maximum atomic E-state index is 11.7. The van der Waals surface area contributed by atoms with Gasteiger partial charge in [0.1, 0.15) is 0 Å². The molecular weight excluding hydrogens is 242 g/mol. The summed E-state index contributed by atoms with van der Waals surface area (Å²) in [7, 11) is 0. The van der Waals surface area contributed by atoms with E-state index in [4.69, 9.17) is 5.84 Å². The van der Waals surface area contributed by atoms with Crippen LogP contribution in [-0.2, 0) is 0 Å². The van der Waals surface area contributed by atoms with Gasteiger partial charge in [0.05, 0.1) is 0 Å². The molecule has 0 fully saturated rings. The average molecular weight is 257 g/mol. The lowest BCUT2D eigenvalue weighted by Gasteiger charge is -2.09. The molecule has 1 amide bonds. The summed E-state index contributed by atoms with van der Waals surface area (Å²) in [6, 6.07) is 6.97. The number of carbonyl (C=O) groups is 1. The largest absolute Gasteiger partial charge is 0.329 e. The van der Waals surface area contributed by atoms with Crippen LogP contribution >= 0.6 is 0 Å². The number of aromatic amines is 1. The Morgan fingerprint density at radius 2 is 1.84 bits per heavy atom. The Hall–Kier alpha value is -2.40. The molecule has 4 N–H and O–H groups in total. The molecule has 0 bridgehead atoms. The number of H-pyrrole nitrogens is 1. The van der Waals surface area contributed by atoms with E-state index in [0.717, 1.165) is 16.7 Å². The third kappa shape index (κ3) is 2.41. The molecule has 0 atom stereocenters. The monoisotopic (exact) mass is 257 g/mol. The fraction of sp³-hybridized carbons (Fsp3) is 0.143. The molecule has 1 aromatic carbocycles. The standard InChI is InChI=1S/C14H15N3O2/c1-8-7-16-13(18)9(2)12(8)10-3-5-11(6-4-10)14(19)17-15/h3-7H,15H2,1-2H3,(H,16,18)(H,17,19). The van der Waals surface area contributed by atoms with Crippen molar-refractivity contribution in [2.75, 3.05) is 0 Å². The summed E-state index contributed by atoms with van der Waals surface area (Å²) < 4.78 is 0. The number of nitrogens with two attached hydrogens (primary N) is 1. The van der Waals surface area contributed by atoms with Gasteiger partial charge in [0.2, 0.25) is 0 Å². The number of benzene rings is 1. The highest BCUT2D eigenvalue weighted by Gasteiger charge is 2.10. The van der Waals surface area contributed by atoms with Crippen molar-refractivity contribution in [3.8, 4) is 11.1 Å². The normalized spacial score (nSPS) is 10.3. The first kappa shape index (κ1) is 13.0. The van der Waals surface area contributed by atoms with Gasteiger partial charge in [0.15, 0.2) is 0 Å². The van der Waals surface area contributed by atoms with Crippen LogP contribution in [0.15, 0.2) is 35.3 Å². The van der Waals surface area contributed by atoms with E-state index in [9.17, 15) is 9.59 Å². The molecular formula is C14H15N3O2. The van der Waals surface area contributed by atoms with Crippen molar-refractivity contribution in [2.24, 2.45) is 5.84 Å². The van der Waals surface area contributed by atoms with E-state index in [1.807, 2.05) is 6.92 Å². The molecule has 0 saturated heterocycles. The van der Waals surface area contributed by atoms with Gasteiger partial charge in [0, 0.05) is 17.3 Å². The van der Waals surface area contributed by atoms with Crippen LogP contribution in [0.3, 0.4) is 0 Å². The number of hydrogen-bond donors (Lipinski definition) is 3. The van der Waals surface area contributed by atoms with Crippen LogP contribution in [0, 0.1) is 13.8 Å². The molecule has 0 aliphatic rings. The molecule has 0 radical (unpaired) electrons. The van der Waals surface area contributed by atoms with Crippen molar-refractivity contribution in [1.29, 1.82) is 0 Å². The fourth-order valence-corrected chi connectivity index (χ4v) is 2.08. The molecule has 98 valence electrons. The van der Waals surface area contributed by atoms with E-state index in [1.54, 1.807) is 37.4 Å². The summed E-state index contributed by atoms with van der Waals surface area (Å²) in [5.74, 6) is 4.73. The summed E-state index contributed by atoms with van der Waals surface area (Å²) in [6.07, 6.45) is 1.69. The van der Waals surface area contributed by atoms with Crippen LogP contribution in [0.5, 0.6) is 0 Å². The number of aromatic nitrogens is 1. The SMILES string of the molecule is Cc1c[nH]c(=O)c(C)c1-c1ccc(C(=O)NN)cc1. The fourth-order valence-electron chi connectivity index (χ4n) is 2.08. The van der Waals surface area contributed by atoms with Gasteiger partial charge in [0.25, 0.3) is 11.5 Å². The maximum absolute atomic E-state index is 11.7. The number of nitrogens with one attached hydrogen (secondary N) is 2. The van der Waals surface area contributed by atoms with Crippen molar-refractivity contribution in [1.82, 2.24) is 10.4 Å². The summed E-state index contributed by atoms with van der Waals surface area (Å²) in [5.41, 5.74) is 5.88. The molecule has 2 rings (SSSR count). The highest BCUT2D eigenvalue weighted by Crippen LogP contribution is 2.24. The minimum atomic E-state index is -0.342. The Morgan fingerprint density at radius 3 is 2.42 bits per heavy atom. The van der Waals surface area contributed by atoms with Crippen LogP contribution in [0.25, 0.3) is 11.1 Å². The summed E-state index contributed by atoms with van der Waals surface area (Å²) in [6.45, 7) is 3.71. The number of rotatable bonds is 2. The van der Waals surface area contributed by atoms with Gasteiger partial charge in [-0.05, 0) is 42.7 Å². The quantitative estimate of drug-likeness (QED) is 0.430. The van der Waals surface area contributed by atoms with E-state index in [2.05, 4.69) is 10.4 Å². The smallest absolute Gasteiger partial charge is 0.265 e. The predicted molar refractivity (Wildman–Crippen MR) is 73.6 cm³/mol. The van der Waals surface area contributed by atoms with Gasteiger partial charge in [-0.2, -0.15) is 0 Å². The van der Waals surface area contributed by atoms with E-state index in [-0.39, 0.29) is 11.5 Å². The van der Waals surface area contributed by atoms with Crippen LogP contribution in [0.2, 0.25) is 0 Å². The first-order chi connectivity index (χ1) is 9.04. The minimum absolute atomic E-state index is 0.107. The van der Waals surface area contributed by atoms with E-state index in [1.165, 1.54) is 0 Å². The summed E-state index contributed by atoms with van der Waals surface area (Å²) >= 11 is 0. The minimum Gasteiger partial charge on any atom is -0.329 e. The number of carbonyl (C=O) groups excluding carboxylic acids is 1. The third-order valence-corrected chi connectivity index (χ3v) is 3.10. The summed E-state index contributed by atoms with van der Waals surface area (Å²) in [4.78, 5) is 25.7. The Bertz CT molecular complexity index is 672. The van der Waals surface area contributed by atoms with Gasteiger partial charge >= 0.3 is 0 Å². The highest BCUT2D eigenvalue weighted by molar-refractivity contribution is 5.94. The zero-order valence-electron chi connectivity index (χ0n) is 10.8. The number of pyridine rings is 1. The van der Waals surface area contributed by atoms with Crippen LogP contribution in [0.1, 0.15) is 21.5 Å². The van der Waals surface area contributed by atoms with Gasteiger partial charge in [-0.25, -0.2) is 5.84 Å². The van der Waals surface area contributed by atoms with Gasteiger partial charge in [-0.3, -0.25) is 15.0 Å². The molecule has 0 aliphatic carbocycles. The Balaban J connectivity index is 2.52. The van der Waals surface area contributed by atoms with Crippen molar-refractivity contribution >= 4 is 5.91 Å². The third-order valence-electron chi connectivity index (χ3n) is 3.10. The van der Waals surface area contributed by atoms with E-state index < -0.39 is 0 Å². The van der Waals surface area contributed by atoms with Crippen molar-refractivity contribution in [3.05, 3.63) is 57.5 Å². The molecule has 19 heavy (non-hydrogen) atoms. The zero-order chi connectivity index (χ0) is 14.0. The van der Waals surface area contributed by atoms with Crippen molar-refractivity contribution in [3.63, 3.8) is 0 Å². The highest BCUT2D eigenvalue weighted by atomic mass is 16.2. The Labute approximate surface area is 110 Å². The van der Waals surface area contributed by atoms with E-state index in [0.29, 0.717) is 11.1 Å². The van der Waals surface area contributed by atoms with Gasteiger partial charge in [-0.15, -0.1) is 0 Å². The van der Waals surface area contributed by atoms with Crippen LogP contribution in [0.4, 0.5) is 0 Å². The molecule has 1 aromatic heterocycles. The first-order valence-corrected chi connectivity index (χ1v) is 5.85. The van der Waals surface area contributed by atoms with Crippen molar-refractivity contribution in [2.45, 2.75) is 13.8 Å². The number of hydrazine groups is 1. The van der Waals surface area contributed by atoms with Gasteiger partial charge < -0.3 is 4.98 Å². The predicted octanol–water partition coefficient (Wildman–Crippen LogP) is 1.26. The van der Waals surface area contributed by atoms with Crippen molar-refractivity contribution < 1.29 is 4.79 Å². The number of hydrogen-bond acceptors (Lipinski definition) is 3. The topological polar surface area (TPSA) is 88.0 Å². The second-order valence-corrected chi connectivity index (χ2v) is 4.35. The lowest BCUT2D eigenvalue weighted by atomic mass is 9.97. The Kier molecular flexibility index (Phi) is 3.48. The first-order valence-electron chi connectivity index (χ1n) is 5.85. The number of amides is 1. The maximum Gasteiger partial charge on any atom is 0.265 e. The van der Waals surface area contributed by atoms with Crippen LogP contribution in [-0.4, -0.2) is 10.9 Å². The second kappa shape index (κ2) is 5.07. The molecule has 0 unspecified atom stereocenters. The summed E-state index contributed by atoms with van der Waals surface area (Å²) in [5, 5.41) is 0. The Morgan fingerprint density at radius 1 is 1.21 bits per heavy atom. The van der Waals surface area contributed by atoms with E-state index >= 15 is 0 Å². The molecule has 0 aliphatic heterocycles. The average Bonchev–Trinajstić information content (AvgIpc) is 2.43. The molecule has 1 heterocycles. The molecule has 5 heteroatoms. The molecule has 0 saturated carbocycles.